The van der Waals surface area contributed by atoms with Gasteiger partial charge in [-0.3, -0.25) is 0 Å². The van der Waals surface area contributed by atoms with Crippen LogP contribution in [-0.2, 0) is 0 Å². The summed E-state index contributed by atoms with van der Waals surface area (Å²) in [6, 6.07) is 0. The molecule has 6 heteroatoms. The van der Waals surface area contributed by atoms with E-state index in [9.17, 15) is 0 Å². The summed E-state index contributed by atoms with van der Waals surface area (Å²) in [4.78, 5) is 15.5. The van der Waals surface area contributed by atoms with E-state index in [2.05, 4.69) is 32.2 Å². The van der Waals surface area contributed by atoms with Gasteiger partial charge in [0.25, 0.3) is 0 Å². The van der Waals surface area contributed by atoms with Crippen molar-refractivity contribution < 1.29 is 0 Å². The summed E-state index contributed by atoms with van der Waals surface area (Å²) >= 11 is 1.74. The van der Waals surface area contributed by atoms with Gasteiger partial charge >= 0.3 is 0 Å². The molecule has 0 aliphatic rings. The van der Waals surface area contributed by atoms with E-state index in [4.69, 9.17) is 0 Å². The van der Waals surface area contributed by atoms with Crippen molar-refractivity contribution in [1.82, 2.24) is 25.3 Å². The fraction of sp³-hybridized carbons (Fsp3) is 0.500. The fourth-order valence-corrected chi connectivity index (χ4v) is 2.46. The zero-order chi connectivity index (χ0) is 11.4. The molecule has 0 aliphatic heterocycles. The maximum absolute atomic E-state index is 4.27. The number of aromatic nitrogens is 4. The zero-order valence-corrected chi connectivity index (χ0v) is 10.2. The molecule has 2 rings (SSSR count). The maximum Gasteiger partial charge on any atom is 0.181 e. The first-order valence-corrected chi connectivity index (χ1v) is 6.21. The Balaban J connectivity index is 2.06. The first-order chi connectivity index (χ1) is 7.81. The van der Waals surface area contributed by atoms with E-state index in [1.807, 2.05) is 7.05 Å². The van der Waals surface area contributed by atoms with E-state index in [1.165, 1.54) is 0 Å². The molecule has 0 fully saturated rings. The summed E-state index contributed by atoms with van der Waals surface area (Å²) in [6.45, 7) is 3.24. The average Bonchev–Trinajstić information content (AvgIpc) is 2.75. The van der Waals surface area contributed by atoms with Crippen LogP contribution in [0.1, 0.15) is 6.92 Å². The quantitative estimate of drug-likeness (QED) is 0.606. The van der Waals surface area contributed by atoms with Crippen molar-refractivity contribution in [3.63, 3.8) is 0 Å². The molecule has 0 radical (unpaired) electrons. The number of hydrogen-bond acceptors (Lipinski definition) is 5. The minimum absolute atomic E-state index is 0.614. The summed E-state index contributed by atoms with van der Waals surface area (Å²) in [5.74, 6) is 1.65. The summed E-state index contributed by atoms with van der Waals surface area (Å²) in [6.07, 6.45) is 3.22. The van der Waals surface area contributed by atoms with Crippen LogP contribution in [0.4, 0.5) is 0 Å². The van der Waals surface area contributed by atoms with E-state index in [0.717, 1.165) is 28.5 Å². The minimum atomic E-state index is 0.614. The monoisotopic (exact) mass is 237 g/mol. The predicted octanol–water partition coefficient (Wildman–Crippen LogP) is 1.30. The third-order valence-corrected chi connectivity index (χ3v) is 3.56. The van der Waals surface area contributed by atoms with Gasteiger partial charge < -0.3 is 10.3 Å². The molecule has 2 N–H and O–H groups in total. The molecule has 2 aromatic rings. The number of hydrogen-bond donors (Lipinski definition) is 2. The van der Waals surface area contributed by atoms with Crippen LogP contribution in [0, 0.1) is 5.92 Å². The Bertz CT molecular complexity index is 455. The second-order valence-corrected chi connectivity index (χ2v) is 4.76. The smallest absolute Gasteiger partial charge is 0.181 e. The van der Waals surface area contributed by atoms with Crippen molar-refractivity contribution in [2.75, 3.05) is 19.3 Å². The van der Waals surface area contributed by atoms with Crippen LogP contribution in [0.15, 0.2) is 17.7 Å². The van der Waals surface area contributed by atoms with E-state index in [1.54, 1.807) is 24.4 Å². The minimum Gasteiger partial charge on any atom is -0.341 e. The zero-order valence-electron chi connectivity index (χ0n) is 9.40. The van der Waals surface area contributed by atoms with E-state index in [0.29, 0.717) is 5.92 Å². The highest BCUT2D eigenvalue weighted by Crippen LogP contribution is 2.23. The number of fused-ring (bicyclic) bond motifs is 1. The average molecular weight is 237 g/mol. The Hall–Kier alpha value is -1.14. The van der Waals surface area contributed by atoms with Gasteiger partial charge in [0, 0.05) is 5.75 Å². The molecular weight excluding hydrogens is 222 g/mol. The van der Waals surface area contributed by atoms with Gasteiger partial charge in [-0.15, -0.1) is 11.8 Å². The third kappa shape index (κ3) is 2.51. The van der Waals surface area contributed by atoms with Crippen molar-refractivity contribution >= 4 is 22.9 Å². The Morgan fingerprint density at radius 2 is 2.31 bits per heavy atom. The number of rotatable bonds is 5. The molecule has 16 heavy (non-hydrogen) atoms. The van der Waals surface area contributed by atoms with Crippen molar-refractivity contribution in [2.45, 2.75) is 11.9 Å². The normalized spacial score (nSPS) is 13.1. The van der Waals surface area contributed by atoms with Crippen LogP contribution >= 0.6 is 11.8 Å². The van der Waals surface area contributed by atoms with Gasteiger partial charge in [-0.2, -0.15) is 0 Å². The Kier molecular flexibility index (Phi) is 3.74. The highest BCUT2D eigenvalue weighted by Gasteiger charge is 2.08. The first-order valence-electron chi connectivity index (χ1n) is 5.22. The lowest BCUT2D eigenvalue weighted by atomic mass is 10.2. The van der Waals surface area contributed by atoms with E-state index >= 15 is 0 Å². The van der Waals surface area contributed by atoms with Crippen molar-refractivity contribution in [3.8, 4) is 0 Å². The van der Waals surface area contributed by atoms with Gasteiger partial charge in [-0.1, -0.05) is 6.92 Å². The van der Waals surface area contributed by atoms with E-state index in [-0.39, 0.29) is 0 Å². The van der Waals surface area contributed by atoms with Gasteiger partial charge in [-0.25, -0.2) is 15.0 Å². The predicted molar refractivity (Wildman–Crippen MR) is 65.5 cm³/mol. The third-order valence-electron chi connectivity index (χ3n) is 2.25. The van der Waals surface area contributed by atoms with Crippen LogP contribution in [-0.4, -0.2) is 39.3 Å². The maximum atomic E-state index is 4.27. The van der Waals surface area contributed by atoms with Crippen LogP contribution < -0.4 is 5.32 Å². The summed E-state index contributed by atoms with van der Waals surface area (Å²) in [7, 11) is 1.97. The number of aromatic amines is 1. The highest BCUT2D eigenvalue weighted by molar-refractivity contribution is 7.99. The SMILES string of the molecule is CNCC(C)CSc1ncnc2nc[nH]c12. The second kappa shape index (κ2) is 5.27. The van der Waals surface area contributed by atoms with Crippen molar-refractivity contribution in [2.24, 2.45) is 5.92 Å². The van der Waals surface area contributed by atoms with Gasteiger partial charge in [-0.05, 0) is 19.5 Å². The standard InChI is InChI=1S/C10H15N5S/c1-7(3-11-2)4-16-10-8-9(13-5-12-8)14-6-15-10/h5-7,11H,3-4H2,1-2H3,(H,12,13,14,15). The lowest BCUT2D eigenvalue weighted by molar-refractivity contribution is 0.603. The Labute approximate surface area is 98.5 Å². The number of imidazole rings is 1. The molecule has 0 spiro atoms. The first kappa shape index (κ1) is 11.3. The molecule has 0 saturated heterocycles. The molecule has 0 aliphatic carbocycles. The molecular formula is C10H15N5S. The Morgan fingerprint density at radius 1 is 1.44 bits per heavy atom. The van der Waals surface area contributed by atoms with Crippen molar-refractivity contribution in [1.29, 1.82) is 0 Å². The van der Waals surface area contributed by atoms with Crippen LogP contribution in [0.5, 0.6) is 0 Å². The summed E-state index contributed by atoms with van der Waals surface area (Å²) in [5, 5.41) is 4.15. The summed E-state index contributed by atoms with van der Waals surface area (Å²) in [5.41, 5.74) is 1.67. The number of H-pyrrole nitrogens is 1. The van der Waals surface area contributed by atoms with Gasteiger partial charge in [0.2, 0.25) is 0 Å². The number of thioether (sulfide) groups is 1. The van der Waals surface area contributed by atoms with Gasteiger partial charge in [0.05, 0.1) is 6.33 Å². The molecule has 0 bridgehead atoms. The molecule has 0 amide bonds. The molecule has 86 valence electrons. The van der Waals surface area contributed by atoms with Gasteiger partial charge in [0.1, 0.15) is 16.9 Å². The van der Waals surface area contributed by atoms with Crippen LogP contribution in [0.2, 0.25) is 0 Å². The second-order valence-electron chi connectivity index (χ2n) is 3.75. The number of nitrogens with one attached hydrogen (secondary N) is 2. The molecule has 0 aromatic carbocycles. The molecule has 1 atom stereocenters. The molecule has 0 saturated carbocycles. The topological polar surface area (TPSA) is 66.5 Å². The van der Waals surface area contributed by atoms with Gasteiger partial charge in [0.15, 0.2) is 5.65 Å². The lowest BCUT2D eigenvalue weighted by Crippen LogP contribution is -2.17. The number of nitrogens with zero attached hydrogens (tertiary/aromatic N) is 3. The summed E-state index contributed by atoms with van der Waals surface area (Å²) < 4.78 is 0. The van der Waals surface area contributed by atoms with Crippen LogP contribution in [0.3, 0.4) is 0 Å². The highest BCUT2D eigenvalue weighted by atomic mass is 32.2. The Morgan fingerprint density at radius 3 is 3.12 bits per heavy atom. The van der Waals surface area contributed by atoms with Crippen molar-refractivity contribution in [3.05, 3.63) is 12.7 Å². The molecule has 1 unspecified atom stereocenters. The molecule has 5 nitrogen and oxygen atoms in total. The largest absolute Gasteiger partial charge is 0.341 e. The molecule has 2 aromatic heterocycles. The van der Waals surface area contributed by atoms with E-state index < -0.39 is 0 Å². The molecule has 2 heterocycles. The fourth-order valence-electron chi connectivity index (χ4n) is 1.48. The van der Waals surface area contributed by atoms with Crippen LogP contribution in [0.25, 0.3) is 11.2 Å². The lowest BCUT2D eigenvalue weighted by Gasteiger charge is -2.09.